The van der Waals surface area contributed by atoms with E-state index in [2.05, 4.69) is 4.98 Å². The largest absolute Gasteiger partial charge is 0.422 e. The van der Waals surface area contributed by atoms with Gasteiger partial charge in [-0.2, -0.15) is 0 Å². The molecule has 3 aromatic heterocycles. The summed E-state index contributed by atoms with van der Waals surface area (Å²) in [6.45, 7) is 0. The molecule has 138 valence electrons. The Balaban J connectivity index is 1.52. The Hall–Kier alpha value is -2.60. The van der Waals surface area contributed by atoms with E-state index in [0.717, 1.165) is 20.8 Å². The second-order valence-electron chi connectivity index (χ2n) is 6.41. The van der Waals surface area contributed by atoms with Gasteiger partial charge in [0.25, 0.3) is 0 Å². The van der Waals surface area contributed by atoms with Crippen molar-refractivity contribution in [3.63, 3.8) is 0 Å². The average molecular weight is 427 g/mol. The lowest BCUT2D eigenvalue weighted by Crippen LogP contribution is -2.02. The summed E-state index contributed by atoms with van der Waals surface area (Å²) in [6.07, 6.45) is 4.51. The fourth-order valence-corrected chi connectivity index (χ4v) is 4.52. The first kappa shape index (κ1) is 17.5. The fourth-order valence-electron chi connectivity index (χ4n) is 3.16. The molecule has 0 N–H and O–H groups in total. The number of aromatic nitrogens is 2. The highest BCUT2D eigenvalue weighted by Gasteiger charge is 2.14. The molecule has 0 aliphatic rings. The molecule has 28 heavy (non-hydrogen) atoms. The molecule has 0 aliphatic heterocycles. The van der Waals surface area contributed by atoms with Gasteiger partial charge in [0.2, 0.25) is 0 Å². The Kier molecular flexibility index (Phi) is 4.23. The van der Waals surface area contributed by atoms with Gasteiger partial charge in [0.15, 0.2) is 4.96 Å². The van der Waals surface area contributed by atoms with Gasteiger partial charge in [-0.25, -0.2) is 9.78 Å². The number of nitrogens with zero attached hydrogens (tertiary/aromatic N) is 2. The van der Waals surface area contributed by atoms with E-state index in [1.807, 2.05) is 47.1 Å². The Morgan fingerprint density at radius 1 is 1.07 bits per heavy atom. The molecule has 0 saturated heterocycles. The van der Waals surface area contributed by atoms with Gasteiger partial charge in [0.05, 0.1) is 11.3 Å². The van der Waals surface area contributed by atoms with Gasteiger partial charge < -0.3 is 4.42 Å². The van der Waals surface area contributed by atoms with Crippen molar-refractivity contribution in [1.82, 2.24) is 9.38 Å². The van der Waals surface area contributed by atoms with Crippen molar-refractivity contribution < 1.29 is 4.42 Å². The lowest BCUT2D eigenvalue weighted by Gasteiger charge is -2.02. The zero-order valence-electron chi connectivity index (χ0n) is 14.4. The second kappa shape index (κ2) is 6.78. The predicted octanol–water partition coefficient (Wildman–Crippen LogP) is 6.07. The lowest BCUT2D eigenvalue weighted by molar-refractivity contribution is 0.563. The highest BCUT2D eigenvalue weighted by molar-refractivity contribution is 7.17. The predicted molar refractivity (Wildman–Crippen MR) is 114 cm³/mol. The minimum atomic E-state index is -0.393. The summed E-state index contributed by atoms with van der Waals surface area (Å²) in [6, 6.07) is 14.7. The van der Waals surface area contributed by atoms with Crippen LogP contribution in [0.1, 0.15) is 10.4 Å². The van der Waals surface area contributed by atoms with E-state index >= 15 is 0 Å². The van der Waals surface area contributed by atoms with Crippen LogP contribution in [0.15, 0.2) is 70.1 Å². The number of hydrogen-bond acceptors (Lipinski definition) is 4. The number of hydrogen-bond donors (Lipinski definition) is 0. The third-order valence-corrected chi connectivity index (χ3v) is 6.09. The molecule has 0 atom stereocenters. The van der Waals surface area contributed by atoms with Gasteiger partial charge >= 0.3 is 5.63 Å². The van der Waals surface area contributed by atoms with Crippen LogP contribution >= 0.6 is 34.5 Å². The summed E-state index contributed by atoms with van der Waals surface area (Å²) >= 11 is 13.9. The van der Waals surface area contributed by atoms with Crippen LogP contribution in [0.25, 0.3) is 27.2 Å². The van der Waals surface area contributed by atoms with Gasteiger partial charge in [0, 0.05) is 39.1 Å². The van der Waals surface area contributed by atoms with Crippen molar-refractivity contribution in [1.29, 1.82) is 0 Å². The van der Waals surface area contributed by atoms with E-state index in [0.29, 0.717) is 33.3 Å². The summed E-state index contributed by atoms with van der Waals surface area (Å²) in [5.41, 5.74) is 2.19. The summed E-state index contributed by atoms with van der Waals surface area (Å²) in [4.78, 5) is 18.9. The maximum Gasteiger partial charge on any atom is 0.345 e. The number of benzene rings is 2. The van der Waals surface area contributed by atoms with Crippen LogP contribution in [0.4, 0.5) is 0 Å². The van der Waals surface area contributed by atoms with E-state index in [9.17, 15) is 4.79 Å². The number of halogens is 2. The summed E-state index contributed by atoms with van der Waals surface area (Å²) in [5.74, 6) is 0. The molecule has 0 amide bonds. The molecule has 0 bridgehead atoms. The highest BCUT2D eigenvalue weighted by atomic mass is 35.5. The van der Waals surface area contributed by atoms with E-state index in [1.165, 1.54) is 0 Å². The number of para-hydroxylation sites is 1. The minimum absolute atomic E-state index is 0.393. The Bertz CT molecular complexity index is 1370. The number of thiazole rings is 1. The summed E-state index contributed by atoms with van der Waals surface area (Å²) in [5, 5.41) is 2.21. The Morgan fingerprint density at radius 3 is 2.79 bits per heavy atom. The smallest absolute Gasteiger partial charge is 0.345 e. The van der Waals surface area contributed by atoms with Crippen LogP contribution in [-0.4, -0.2) is 9.38 Å². The first-order valence-corrected chi connectivity index (χ1v) is 10.1. The lowest BCUT2D eigenvalue weighted by atomic mass is 10.1. The molecule has 0 fully saturated rings. The number of imidazole rings is 1. The highest BCUT2D eigenvalue weighted by Crippen LogP contribution is 2.28. The molecule has 0 saturated carbocycles. The first-order valence-electron chi connectivity index (χ1n) is 8.51. The van der Waals surface area contributed by atoms with E-state index in [1.54, 1.807) is 29.5 Å². The Morgan fingerprint density at radius 2 is 1.93 bits per heavy atom. The third kappa shape index (κ3) is 3.11. The fraction of sp³-hybridized carbons (Fsp3) is 0.0476. The molecule has 0 spiro atoms. The van der Waals surface area contributed by atoms with E-state index < -0.39 is 5.63 Å². The van der Waals surface area contributed by atoms with Crippen molar-refractivity contribution in [2.45, 2.75) is 6.42 Å². The molecule has 3 heterocycles. The zero-order chi connectivity index (χ0) is 19.3. The topological polar surface area (TPSA) is 47.5 Å². The van der Waals surface area contributed by atoms with Gasteiger partial charge in [0.1, 0.15) is 5.58 Å². The molecule has 4 nitrogen and oxygen atoms in total. The molecule has 7 heteroatoms. The minimum Gasteiger partial charge on any atom is -0.422 e. The molecular formula is C21H12Cl2N2O2S. The standard InChI is InChI=1S/C21H12Cl2N2O2S/c22-14-5-6-17(23)13(7-14)8-15-10-25-11-18(24-21(25)28-15)16-9-12-3-1-2-4-19(12)27-20(16)26/h1-7,9-11H,8H2. The van der Waals surface area contributed by atoms with Crippen molar-refractivity contribution in [3.05, 3.63) is 91.8 Å². The zero-order valence-corrected chi connectivity index (χ0v) is 16.7. The summed E-state index contributed by atoms with van der Waals surface area (Å²) in [7, 11) is 0. The van der Waals surface area contributed by atoms with Gasteiger partial charge in [-0.05, 0) is 35.9 Å². The average Bonchev–Trinajstić information content (AvgIpc) is 3.22. The monoisotopic (exact) mass is 426 g/mol. The third-order valence-electron chi connectivity index (χ3n) is 4.49. The van der Waals surface area contributed by atoms with Crippen molar-refractivity contribution >= 4 is 50.5 Å². The molecule has 0 aliphatic carbocycles. The molecular weight excluding hydrogens is 415 g/mol. The van der Waals surface area contributed by atoms with Crippen LogP contribution in [0, 0.1) is 0 Å². The van der Waals surface area contributed by atoms with Crippen LogP contribution in [0.5, 0.6) is 0 Å². The second-order valence-corrected chi connectivity index (χ2v) is 8.35. The van der Waals surface area contributed by atoms with Gasteiger partial charge in [-0.1, -0.05) is 41.4 Å². The Labute approximate surface area is 173 Å². The maximum atomic E-state index is 12.4. The van der Waals surface area contributed by atoms with Crippen molar-refractivity contribution in [2.24, 2.45) is 0 Å². The van der Waals surface area contributed by atoms with Crippen molar-refractivity contribution in [3.8, 4) is 11.3 Å². The van der Waals surface area contributed by atoms with Crippen LogP contribution < -0.4 is 5.63 Å². The van der Waals surface area contributed by atoms with Crippen LogP contribution in [0.2, 0.25) is 10.0 Å². The molecule has 5 rings (SSSR count). The van der Waals surface area contributed by atoms with E-state index in [4.69, 9.17) is 27.6 Å². The van der Waals surface area contributed by atoms with Gasteiger partial charge in [-0.3, -0.25) is 4.40 Å². The normalized spacial score (nSPS) is 11.5. The SMILES string of the molecule is O=c1oc2ccccc2cc1-c1cn2cc(Cc3cc(Cl)ccc3Cl)sc2n1. The molecule has 0 radical (unpaired) electrons. The molecule has 2 aromatic carbocycles. The quantitative estimate of drug-likeness (QED) is 0.329. The summed E-state index contributed by atoms with van der Waals surface area (Å²) < 4.78 is 7.34. The van der Waals surface area contributed by atoms with Gasteiger partial charge in [-0.15, -0.1) is 11.3 Å². The van der Waals surface area contributed by atoms with E-state index in [-0.39, 0.29) is 0 Å². The maximum absolute atomic E-state index is 12.4. The number of rotatable bonds is 3. The van der Waals surface area contributed by atoms with Crippen molar-refractivity contribution in [2.75, 3.05) is 0 Å². The van der Waals surface area contributed by atoms with Crippen LogP contribution in [-0.2, 0) is 6.42 Å². The van der Waals surface area contributed by atoms with Crippen LogP contribution in [0.3, 0.4) is 0 Å². The molecule has 0 unspecified atom stereocenters. The number of fused-ring (bicyclic) bond motifs is 2. The first-order chi connectivity index (χ1) is 13.6. The molecule has 5 aromatic rings.